The Bertz CT molecular complexity index is 839. The third-order valence-corrected chi connectivity index (χ3v) is 3.21. The Balaban J connectivity index is 2.20. The van der Waals surface area contributed by atoms with E-state index < -0.39 is 0 Å². The lowest BCUT2D eigenvalue weighted by Gasteiger charge is -2.11. The number of hydrogen-bond acceptors (Lipinski definition) is 6. The fourth-order valence-corrected chi connectivity index (χ4v) is 2.10. The molecule has 0 saturated carbocycles. The van der Waals surface area contributed by atoms with E-state index >= 15 is 0 Å². The first-order chi connectivity index (χ1) is 10.2. The van der Waals surface area contributed by atoms with Gasteiger partial charge in [-0.3, -0.25) is 9.78 Å². The molecule has 0 saturated heterocycles. The number of benzene rings is 1. The van der Waals surface area contributed by atoms with Crippen molar-refractivity contribution in [2.24, 2.45) is 0 Å². The van der Waals surface area contributed by atoms with Crippen LogP contribution >= 0.6 is 0 Å². The van der Waals surface area contributed by atoms with Crippen molar-refractivity contribution < 1.29 is 9.47 Å². The molecule has 21 heavy (non-hydrogen) atoms. The average Bonchev–Trinajstić information content (AvgIpc) is 2.95. The number of unbranched alkanes of at least 4 members (excludes halogenated alkanes) is 1. The Kier molecular flexibility index (Phi) is 3.43. The lowest BCUT2D eigenvalue weighted by molar-refractivity contribution is 0.289. The molecule has 110 valence electrons. The highest BCUT2D eigenvalue weighted by atomic mass is 16.5. The van der Waals surface area contributed by atoms with Crippen LogP contribution in [0.3, 0.4) is 0 Å². The SMILES string of the molecule is CCCCOc1cc2c(cc1OC)c(=O)[nH]c1nnnn12. The second kappa shape index (κ2) is 5.39. The van der Waals surface area contributed by atoms with Gasteiger partial charge in [-0.15, -0.1) is 0 Å². The summed E-state index contributed by atoms with van der Waals surface area (Å²) in [5, 5.41) is 11.6. The zero-order chi connectivity index (χ0) is 14.8. The highest BCUT2D eigenvalue weighted by Crippen LogP contribution is 2.31. The van der Waals surface area contributed by atoms with Gasteiger partial charge in [-0.2, -0.15) is 4.52 Å². The van der Waals surface area contributed by atoms with E-state index in [0.717, 1.165) is 12.8 Å². The Labute approximate surface area is 119 Å². The zero-order valence-corrected chi connectivity index (χ0v) is 11.8. The molecule has 0 aliphatic rings. The maximum absolute atomic E-state index is 12.1. The lowest BCUT2D eigenvalue weighted by Crippen LogP contribution is -2.11. The molecule has 0 fully saturated rings. The normalized spacial score (nSPS) is 11.1. The van der Waals surface area contributed by atoms with Crippen molar-refractivity contribution in [3.05, 3.63) is 22.5 Å². The lowest BCUT2D eigenvalue weighted by atomic mass is 10.2. The second-order valence-corrected chi connectivity index (χ2v) is 4.59. The van der Waals surface area contributed by atoms with Gasteiger partial charge in [-0.25, -0.2) is 0 Å². The molecule has 0 unspecified atom stereocenters. The maximum atomic E-state index is 12.1. The summed E-state index contributed by atoms with van der Waals surface area (Å²) in [5.41, 5.74) is 0.303. The van der Waals surface area contributed by atoms with Crippen LogP contribution in [0.1, 0.15) is 19.8 Å². The van der Waals surface area contributed by atoms with Crippen molar-refractivity contribution in [1.29, 1.82) is 0 Å². The van der Waals surface area contributed by atoms with Gasteiger partial charge in [-0.1, -0.05) is 18.4 Å². The predicted octanol–water partition coefficient (Wildman–Crippen LogP) is 1.15. The number of hydrogen-bond donors (Lipinski definition) is 1. The third-order valence-electron chi connectivity index (χ3n) is 3.21. The van der Waals surface area contributed by atoms with Gasteiger partial charge in [0.1, 0.15) is 0 Å². The van der Waals surface area contributed by atoms with Crippen LogP contribution in [0.2, 0.25) is 0 Å². The topological polar surface area (TPSA) is 94.4 Å². The molecule has 0 spiro atoms. The van der Waals surface area contributed by atoms with Crippen molar-refractivity contribution in [3.63, 3.8) is 0 Å². The summed E-state index contributed by atoms with van der Waals surface area (Å²) >= 11 is 0. The van der Waals surface area contributed by atoms with E-state index in [-0.39, 0.29) is 11.3 Å². The third kappa shape index (κ3) is 2.28. The Hall–Kier alpha value is -2.64. The Morgan fingerprint density at radius 1 is 1.33 bits per heavy atom. The summed E-state index contributed by atoms with van der Waals surface area (Å²) in [5.74, 6) is 1.37. The Morgan fingerprint density at radius 2 is 2.19 bits per heavy atom. The molecule has 2 aromatic heterocycles. The number of methoxy groups -OCH3 is 1. The summed E-state index contributed by atoms with van der Waals surface area (Å²) in [4.78, 5) is 14.7. The van der Waals surface area contributed by atoms with Crippen molar-refractivity contribution in [1.82, 2.24) is 25.0 Å². The molecule has 3 aromatic rings. The van der Waals surface area contributed by atoms with Crippen LogP contribution in [0.4, 0.5) is 0 Å². The van der Waals surface area contributed by atoms with E-state index in [9.17, 15) is 4.79 Å². The highest BCUT2D eigenvalue weighted by Gasteiger charge is 2.13. The van der Waals surface area contributed by atoms with Gasteiger partial charge in [0.25, 0.3) is 11.3 Å². The number of aromatic nitrogens is 5. The van der Waals surface area contributed by atoms with Gasteiger partial charge in [0, 0.05) is 6.07 Å². The summed E-state index contributed by atoms with van der Waals surface area (Å²) in [7, 11) is 1.54. The average molecular weight is 289 g/mol. The molecule has 2 heterocycles. The van der Waals surface area contributed by atoms with Gasteiger partial charge in [0.15, 0.2) is 11.5 Å². The summed E-state index contributed by atoms with van der Waals surface area (Å²) < 4.78 is 12.5. The summed E-state index contributed by atoms with van der Waals surface area (Å²) in [6.45, 7) is 2.67. The number of aromatic amines is 1. The molecule has 0 amide bonds. The van der Waals surface area contributed by atoms with Gasteiger partial charge in [0.05, 0.1) is 24.6 Å². The molecular formula is C13H15N5O3. The second-order valence-electron chi connectivity index (χ2n) is 4.59. The standard InChI is InChI=1S/C13H15N5O3/c1-3-4-5-21-11-7-9-8(6-10(11)20-2)12(19)14-13-15-16-17-18(9)13/h6-7H,3-5H2,1-2H3,(H,14,15,17,19). The summed E-state index contributed by atoms with van der Waals surface area (Å²) in [6, 6.07) is 3.36. The van der Waals surface area contributed by atoms with E-state index in [2.05, 4.69) is 27.4 Å². The van der Waals surface area contributed by atoms with Crippen LogP contribution in [0.15, 0.2) is 16.9 Å². The van der Waals surface area contributed by atoms with Gasteiger partial charge in [0.2, 0.25) is 0 Å². The van der Waals surface area contributed by atoms with Crippen molar-refractivity contribution in [3.8, 4) is 11.5 Å². The van der Waals surface area contributed by atoms with Gasteiger partial charge >= 0.3 is 0 Å². The molecule has 8 heteroatoms. The maximum Gasteiger partial charge on any atom is 0.260 e. The first-order valence-corrected chi connectivity index (χ1v) is 6.69. The molecule has 0 atom stereocenters. The van der Waals surface area contributed by atoms with Crippen molar-refractivity contribution in [2.75, 3.05) is 13.7 Å². The first kappa shape index (κ1) is 13.3. The molecule has 0 aliphatic carbocycles. The fourth-order valence-electron chi connectivity index (χ4n) is 2.10. The van der Waals surface area contributed by atoms with E-state index in [1.807, 2.05) is 0 Å². The molecular weight excluding hydrogens is 274 g/mol. The monoisotopic (exact) mass is 289 g/mol. The number of H-pyrrole nitrogens is 1. The predicted molar refractivity (Wildman–Crippen MR) is 75.9 cm³/mol. The van der Waals surface area contributed by atoms with Crippen molar-refractivity contribution in [2.45, 2.75) is 19.8 Å². The molecule has 8 nitrogen and oxygen atoms in total. The van der Waals surface area contributed by atoms with Gasteiger partial charge in [-0.05, 0) is 22.9 Å². The van der Waals surface area contributed by atoms with Crippen LogP contribution in [0.5, 0.6) is 11.5 Å². The minimum absolute atomic E-state index is 0.272. The summed E-state index contributed by atoms with van der Waals surface area (Å²) in [6.07, 6.45) is 1.98. The zero-order valence-electron chi connectivity index (χ0n) is 11.8. The minimum Gasteiger partial charge on any atom is -0.493 e. The van der Waals surface area contributed by atoms with E-state index in [0.29, 0.717) is 29.0 Å². The molecule has 0 bridgehead atoms. The quantitative estimate of drug-likeness (QED) is 0.708. The van der Waals surface area contributed by atoms with Crippen LogP contribution in [0.25, 0.3) is 16.7 Å². The van der Waals surface area contributed by atoms with E-state index in [1.54, 1.807) is 12.1 Å². The first-order valence-electron chi connectivity index (χ1n) is 6.69. The van der Waals surface area contributed by atoms with Crippen LogP contribution < -0.4 is 15.0 Å². The number of fused-ring (bicyclic) bond motifs is 3. The van der Waals surface area contributed by atoms with Crippen LogP contribution in [-0.2, 0) is 0 Å². The smallest absolute Gasteiger partial charge is 0.260 e. The highest BCUT2D eigenvalue weighted by molar-refractivity contribution is 5.83. The molecule has 1 N–H and O–H groups in total. The fraction of sp³-hybridized carbons (Fsp3) is 0.385. The molecule has 3 rings (SSSR count). The van der Waals surface area contributed by atoms with E-state index in [1.165, 1.54) is 11.6 Å². The molecule has 0 aliphatic heterocycles. The molecule has 0 radical (unpaired) electrons. The Morgan fingerprint density at radius 3 is 2.95 bits per heavy atom. The minimum atomic E-state index is -0.272. The number of rotatable bonds is 5. The number of ether oxygens (including phenoxy) is 2. The molecule has 1 aromatic carbocycles. The number of nitrogens with one attached hydrogen (secondary N) is 1. The number of nitrogens with zero attached hydrogens (tertiary/aromatic N) is 4. The van der Waals surface area contributed by atoms with Crippen LogP contribution in [0, 0.1) is 0 Å². The largest absolute Gasteiger partial charge is 0.493 e. The van der Waals surface area contributed by atoms with Gasteiger partial charge < -0.3 is 9.47 Å². The van der Waals surface area contributed by atoms with E-state index in [4.69, 9.17) is 9.47 Å². The van der Waals surface area contributed by atoms with Crippen molar-refractivity contribution >= 4 is 16.7 Å². The number of tetrazole rings is 1. The van der Waals surface area contributed by atoms with Crippen LogP contribution in [-0.4, -0.2) is 38.7 Å².